The molecule has 2 fully saturated rings. The molecule has 7 nitrogen and oxygen atoms in total. The Labute approximate surface area is 158 Å². The van der Waals surface area contributed by atoms with Crippen molar-refractivity contribution in [3.63, 3.8) is 0 Å². The Morgan fingerprint density at radius 2 is 1.96 bits per heavy atom. The van der Waals surface area contributed by atoms with Crippen LogP contribution in [-0.4, -0.2) is 46.0 Å². The molecule has 1 aliphatic heterocycles. The van der Waals surface area contributed by atoms with Gasteiger partial charge in [-0.25, -0.2) is 0 Å². The lowest BCUT2D eigenvalue weighted by Gasteiger charge is -2.34. The van der Waals surface area contributed by atoms with Gasteiger partial charge in [0.2, 0.25) is 11.8 Å². The van der Waals surface area contributed by atoms with E-state index >= 15 is 0 Å². The molecule has 27 heavy (non-hydrogen) atoms. The highest BCUT2D eigenvalue weighted by Gasteiger charge is 2.32. The van der Waals surface area contributed by atoms with E-state index in [1.165, 1.54) is 0 Å². The first-order valence-corrected chi connectivity index (χ1v) is 9.68. The zero-order chi connectivity index (χ0) is 18.6. The third-order valence-corrected chi connectivity index (χ3v) is 5.15. The summed E-state index contributed by atoms with van der Waals surface area (Å²) in [4.78, 5) is 31.6. The summed E-state index contributed by atoms with van der Waals surface area (Å²) < 4.78 is 5.23. The summed E-state index contributed by atoms with van der Waals surface area (Å²) in [5, 5.41) is 6.91. The van der Waals surface area contributed by atoms with Crippen LogP contribution in [0.4, 0.5) is 0 Å². The predicted molar refractivity (Wildman–Crippen MR) is 98.1 cm³/mol. The number of piperidine rings is 1. The number of rotatable bonds is 6. The summed E-state index contributed by atoms with van der Waals surface area (Å²) in [5.41, 5.74) is 0.621. The number of carbonyl (C=O) groups is 2. The number of hydrogen-bond acceptors (Lipinski definition) is 5. The molecule has 1 aromatic heterocycles. The van der Waals surface area contributed by atoms with Gasteiger partial charge in [0.15, 0.2) is 5.82 Å². The van der Waals surface area contributed by atoms with Crippen LogP contribution in [-0.2, 0) is 11.2 Å². The Balaban J connectivity index is 1.33. The van der Waals surface area contributed by atoms with Gasteiger partial charge >= 0.3 is 0 Å². The number of likely N-dealkylation sites (tertiary alicyclic amines) is 1. The standard InChI is InChI=1S/C20H24N4O3/c25-19(21-12-11-17-22-18(23-27-17)14-9-10-14)16-8-4-5-13-24(16)20(26)15-6-2-1-3-7-15/h1-3,6-7,14,16H,4-5,8-13H2,(H,21,25)/t16-/m1/s1. The average molecular weight is 368 g/mol. The monoisotopic (exact) mass is 368 g/mol. The highest BCUT2D eigenvalue weighted by atomic mass is 16.5. The maximum Gasteiger partial charge on any atom is 0.254 e. The molecule has 0 spiro atoms. The van der Waals surface area contributed by atoms with Crippen LogP contribution in [0.5, 0.6) is 0 Å². The van der Waals surface area contributed by atoms with Crippen LogP contribution in [0.2, 0.25) is 0 Å². The molecule has 142 valence electrons. The summed E-state index contributed by atoms with van der Waals surface area (Å²) in [6.07, 6.45) is 5.33. The molecule has 1 saturated carbocycles. The zero-order valence-corrected chi connectivity index (χ0v) is 15.3. The van der Waals surface area contributed by atoms with Gasteiger partial charge in [-0.1, -0.05) is 23.4 Å². The number of nitrogens with zero attached hydrogens (tertiary/aromatic N) is 3. The van der Waals surface area contributed by atoms with Crippen LogP contribution < -0.4 is 5.32 Å². The first kappa shape index (κ1) is 17.7. The quantitative estimate of drug-likeness (QED) is 0.845. The highest BCUT2D eigenvalue weighted by Crippen LogP contribution is 2.38. The fraction of sp³-hybridized carbons (Fsp3) is 0.500. The van der Waals surface area contributed by atoms with E-state index in [-0.39, 0.29) is 11.8 Å². The molecule has 1 saturated heterocycles. The van der Waals surface area contributed by atoms with E-state index in [2.05, 4.69) is 15.5 Å². The van der Waals surface area contributed by atoms with E-state index in [0.717, 1.165) is 31.5 Å². The summed E-state index contributed by atoms with van der Waals surface area (Å²) >= 11 is 0. The molecule has 2 heterocycles. The highest BCUT2D eigenvalue weighted by molar-refractivity contribution is 5.97. The molecular weight excluding hydrogens is 344 g/mol. The smallest absolute Gasteiger partial charge is 0.254 e. The lowest BCUT2D eigenvalue weighted by atomic mass is 10.00. The van der Waals surface area contributed by atoms with Crippen molar-refractivity contribution in [2.24, 2.45) is 0 Å². The molecule has 0 radical (unpaired) electrons. The summed E-state index contributed by atoms with van der Waals surface area (Å²) in [5.74, 6) is 1.60. The van der Waals surface area contributed by atoms with Gasteiger partial charge in [-0.05, 0) is 44.2 Å². The fourth-order valence-corrected chi connectivity index (χ4v) is 3.48. The molecular formula is C20H24N4O3. The van der Waals surface area contributed by atoms with Crippen LogP contribution in [0.3, 0.4) is 0 Å². The van der Waals surface area contributed by atoms with Crippen molar-refractivity contribution in [2.45, 2.75) is 50.5 Å². The second-order valence-electron chi connectivity index (χ2n) is 7.24. The summed E-state index contributed by atoms with van der Waals surface area (Å²) in [6.45, 7) is 1.04. The predicted octanol–water partition coefficient (Wildman–Crippen LogP) is 2.30. The second-order valence-corrected chi connectivity index (χ2v) is 7.24. The van der Waals surface area contributed by atoms with E-state index in [1.54, 1.807) is 17.0 Å². The Hall–Kier alpha value is -2.70. The van der Waals surface area contributed by atoms with E-state index in [1.807, 2.05) is 18.2 Å². The topological polar surface area (TPSA) is 88.3 Å². The molecule has 7 heteroatoms. The molecule has 1 aromatic carbocycles. The van der Waals surface area contributed by atoms with Crippen molar-refractivity contribution in [1.29, 1.82) is 0 Å². The first-order chi connectivity index (χ1) is 13.2. The zero-order valence-electron chi connectivity index (χ0n) is 15.3. The average Bonchev–Trinajstić information content (AvgIpc) is 3.47. The first-order valence-electron chi connectivity index (χ1n) is 9.68. The Morgan fingerprint density at radius 3 is 2.74 bits per heavy atom. The molecule has 1 atom stereocenters. The van der Waals surface area contributed by atoms with Crippen LogP contribution >= 0.6 is 0 Å². The number of aromatic nitrogens is 2. The minimum atomic E-state index is -0.420. The van der Waals surface area contributed by atoms with Gasteiger partial charge < -0.3 is 14.7 Å². The van der Waals surface area contributed by atoms with Crippen molar-refractivity contribution < 1.29 is 14.1 Å². The van der Waals surface area contributed by atoms with Crippen molar-refractivity contribution >= 4 is 11.8 Å². The molecule has 4 rings (SSSR count). The molecule has 1 N–H and O–H groups in total. The molecule has 2 aromatic rings. The number of amides is 2. The van der Waals surface area contributed by atoms with Crippen molar-refractivity contribution in [1.82, 2.24) is 20.4 Å². The van der Waals surface area contributed by atoms with Crippen LogP contribution in [0, 0.1) is 0 Å². The molecule has 1 aliphatic carbocycles. The van der Waals surface area contributed by atoms with Gasteiger partial charge in [0.1, 0.15) is 6.04 Å². The minimum Gasteiger partial charge on any atom is -0.354 e. The number of carbonyl (C=O) groups excluding carboxylic acids is 2. The van der Waals surface area contributed by atoms with Crippen molar-refractivity contribution in [2.75, 3.05) is 13.1 Å². The maximum absolute atomic E-state index is 12.8. The van der Waals surface area contributed by atoms with Gasteiger partial charge in [-0.3, -0.25) is 9.59 Å². The third-order valence-electron chi connectivity index (χ3n) is 5.15. The van der Waals surface area contributed by atoms with Crippen LogP contribution in [0.25, 0.3) is 0 Å². The summed E-state index contributed by atoms with van der Waals surface area (Å²) in [6, 6.07) is 8.72. The third kappa shape index (κ3) is 4.18. The largest absolute Gasteiger partial charge is 0.354 e. The molecule has 2 aliphatic rings. The van der Waals surface area contributed by atoms with E-state index < -0.39 is 6.04 Å². The summed E-state index contributed by atoms with van der Waals surface area (Å²) in [7, 11) is 0. The van der Waals surface area contributed by atoms with Gasteiger partial charge in [-0.2, -0.15) is 4.98 Å². The molecule has 0 unspecified atom stereocenters. The van der Waals surface area contributed by atoms with Gasteiger partial charge in [0.25, 0.3) is 5.91 Å². The second kappa shape index (κ2) is 7.90. The number of hydrogen-bond donors (Lipinski definition) is 1. The van der Waals surface area contributed by atoms with Gasteiger partial charge in [-0.15, -0.1) is 0 Å². The molecule has 0 bridgehead atoms. The Kier molecular flexibility index (Phi) is 5.18. The Morgan fingerprint density at radius 1 is 1.15 bits per heavy atom. The minimum absolute atomic E-state index is 0.0820. The Bertz CT molecular complexity index is 801. The van der Waals surface area contributed by atoms with E-state index in [4.69, 9.17) is 4.52 Å². The van der Waals surface area contributed by atoms with Crippen LogP contribution in [0.1, 0.15) is 60.1 Å². The molecule has 2 amide bonds. The maximum atomic E-state index is 12.8. The SMILES string of the molecule is O=C(NCCc1nc(C2CC2)no1)[C@H]1CCCCN1C(=O)c1ccccc1. The van der Waals surface area contributed by atoms with Crippen molar-refractivity contribution in [3.8, 4) is 0 Å². The van der Waals surface area contributed by atoms with E-state index in [0.29, 0.717) is 43.3 Å². The van der Waals surface area contributed by atoms with Crippen LogP contribution in [0.15, 0.2) is 34.9 Å². The van der Waals surface area contributed by atoms with E-state index in [9.17, 15) is 9.59 Å². The lowest BCUT2D eigenvalue weighted by Crippen LogP contribution is -2.52. The van der Waals surface area contributed by atoms with Gasteiger partial charge in [0, 0.05) is 31.0 Å². The number of benzene rings is 1. The lowest BCUT2D eigenvalue weighted by molar-refractivity contribution is -0.126. The van der Waals surface area contributed by atoms with Crippen molar-refractivity contribution in [3.05, 3.63) is 47.6 Å². The fourth-order valence-electron chi connectivity index (χ4n) is 3.48. The normalized spacial score (nSPS) is 19.7. The number of nitrogens with one attached hydrogen (secondary N) is 1. The van der Waals surface area contributed by atoms with Gasteiger partial charge in [0.05, 0.1) is 0 Å².